The molecule has 1 aromatic heterocycles. The standard InChI is InChI=1S/C30H36N6O3/c1-3-28(38)34-13-15-35(16-14-34)29-25-10-12-36(27-18-23(37)17-21-7-4-5-9-24(21)27)19-26(25)31-30(32-29)39-20-22-8-6-11-33(22)2/h3-5,7,9,17-18,22,37H,1,6,8,10-16,19-20H2,2H3. The van der Waals surface area contributed by atoms with E-state index in [1.54, 1.807) is 6.07 Å². The Morgan fingerprint density at radius 1 is 1.10 bits per heavy atom. The molecule has 2 aromatic carbocycles. The smallest absolute Gasteiger partial charge is 0.318 e. The van der Waals surface area contributed by atoms with E-state index < -0.39 is 0 Å². The minimum absolute atomic E-state index is 0.0296. The Kier molecular flexibility index (Phi) is 6.99. The van der Waals surface area contributed by atoms with Crippen LogP contribution in [0.2, 0.25) is 0 Å². The van der Waals surface area contributed by atoms with Crippen molar-refractivity contribution in [2.75, 3.05) is 62.7 Å². The fourth-order valence-corrected chi connectivity index (χ4v) is 6.09. The highest BCUT2D eigenvalue weighted by molar-refractivity contribution is 5.95. The normalized spacial score (nSPS) is 19.8. The van der Waals surface area contributed by atoms with Gasteiger partial charge < -0.3 is 29.4 Å². The lowest BCUT2D eigenvalue weighted by atomic mass is 10.0. The maximum Gasteiger partial charge on any atom is 0.318 e. The number of carbonyl (C=O) groups is 1. The van der Waals surface area contributed by atoms with Crippen LogP contribution in [0.4, 0.5) is 11.5 Å². The summed E-state index contributed by atoms with van der Waals surface area (Å²) >= 11 is 0. The molecule has 0 saturated carbocycles. The van der Waals surface area contributed by atoms with Crippen LogP contribution in [0.15, 0.2) is 49.1 Å². The predicted octanol–water partition coefficient (Wildman–Crippen LogP) is 3.21. The van der Waals surface area contributed by atoms with Crippen LogP contribution in [0.3, 0.4) is 0 Å². The molecule has 1 atom stereocenters. The van der Waals surface area contributed by atoms with E-state index >= 15 is 0 Å². The van der Waals surface area contributed by atoms with Crippen LogP contribution < -0.4 is 14.5 Å². The first-order valence-electron chi connectivity index (χ1n) is 13.9. The Morgan fingerprint density at radius 2 is 1.92 bits per heavy atom. The lowest BCUT2D eigenvalue weighted by Crippen LogP contribution is -2.49. The van der Waals surface area contributed by atoms with E-state index in [1.807, 2.05) is 29.2 Å². The Balaban J connectivity index is 1.31. The van der Waals surface area contributed by atoms with Gasteiger partial charge in [-0.2, -0.15) is 9.97 Å². The van der Waals surface area contributed by atoms with Gasteiger partial charge in [-0.3, -0.25) is 4.79 Å². The molecule has 6 rings (SSSR count). The van der Waals surface area contributed by atoms with Gasteiger partial charge in [-0.05, 0) is 50.4 Å². The molecule has 9 nitrogen and oxygen atoms in total. The van der Waals surface area contributed by atoms with Crippen molar-refractivity contribution in [3.05, 3.63) is 60.3 Å². The quantitative estimate of drug-likeness (QED) is 0.489. The fourth-order valence-electron chi connectivity index (χ4n) is 6.09. The van der Waals surface area contributed by atoms with Gasteiger partial charge in [0.25, 0.3) is 0 Å². The van der Waals surface area contributed by atoms with E-state index in [2.05, 4.69) is 34.4 Å². The molecule has 3 aromatic rings. The number of ether oxygens (including phenoxy) is 1. The first kappa shape index (κ1) is 25.4. The molecule has 204 valence electrons. The molecule has 9 heteroatoms. The second kappa shape index (κ2) is 10.7. The van der Waals surface area contributed by atoms with E-state index in [-0.39, 0.29) is 11.7 Å². The summed E-state index contributed by atoms with van der Waals surface area (Å²) in [6.07, 6.45) is 4.47. The van der Waals surface area contributed by atoms with Crippen molar-refractivity contribution in [2.45, 2.75) is 31.8 Å². The van der Waals surface area contributed by atoms with Gasteiger partial charge >= 0.3 is 6.01 Å². The largest absolute Gasteiger partial charge is 0.508 e. The number of phenols is 1. The number of fused-ring (bicyclic) bond motifs is 2. The van der Waals surface area contributed by atoms with E-state index in [4.69, 9.17) is 14.7 Å². The summed E-state index contributed by atoms with van der Waals surface area (Å²) in [5.74, 6) is 1.15. The number of benzene rings is 2. The minimum atomic E-state index is -0.0296. The Hall–Kier alpha value is -3.85. The van der Waals surface area contributed by atoms with Gasteiger partial charge in [-0.15, -0.1) is 0 Å². The number of likely N-dealkylation sites (tertiary alicyclic amines) is 1. The summed E-state index contributed by atoms with van der Waals surface area (Å²) in [7, 11) is 2.14. The van der Waals surface area contributed by atoms with E-state index in [0.29, 0.717) is 51.4 Å². The predicted molar refractivity (Wildman–Crippen MR) is 153 cm³/mol. The molecular formula is C30H36N6O3. The molecule has 1 N–H and O–H groups in total. The zero-order valence-corrected chi connectivity index (χ0v) is 22.6. The molecule has 0 bridgehead atoms. The number of carbonyl (C=O) groups excluding carboxylic acids is 1. The monoisotopic (exact) mass is 528 g/mol. The fraction of sp³-hybridized carbons (Fsp3) is 0.433. The number of phenolic OH excluding ortho intramolecular Hbond substituents is 1. The van der Waals surface area contributed by atoms with Crippen molar-refractivity contribution in [3.63, 3.8) is 0 Å². The van der Waals surface area contributed by atoms with Gasteiger partial charge in [0.2, 0.25) is 5.91 Å². The number of rotatable bonds is 6. The molecule has 1 amide bonds. The highest BCUT2D eigenvalue weighted by Crippen LogP contribution is 2.36. The number of aromatic nitrogens is 2. The van der Waals surface area contributed by atoms with Crippen LogP contribution in [0.25, 0.3) is 10.8 Å². The highest BCUT2D eigenvalue weighted by Gasteiger charge is 2.30. The average Bonchev–Trinajstić information content (AvgIpc) is 3.38. The molecule has 1 unspecified atom stereocenters. The van der Waals surface area contributed by atoms with Crippen LogP contribution in [0, 0.1) is 0 Å². The van der Waals surface area contributed by atoms with Gasteiger partial charge in [0.1, 0.15) is 18.2 Å². The summed E-state index contributed by atoms with van der Waals surface area (Å²) < 4.78 is 6.24. The zero-order valence-electron chi connectivity index (χ0n) is 22.6. The van der Waals surface area contributed by atoms with Crippen molar-refractivity contribution >= 4 is 28.2 Å². The first-order chi connectivity index (χ1) is 19.0. The molecule has 2 fully saturated rings. The van der Waals surface area contributed by atoms with Gasteiger partial charge in [0.05, 0.1) is 12.2 Å². The second-order valence-corrected chi connectivity index (χ2v) is 10.7. The van der Waals surface area contributed by atoms with Crippen molar-refractivity contribution in [1.29, 1.82) is 0 Å². The van der Waals surface area contributed by atoms with E-state index in [1.165, 1.54) is 12.5 Å². The van der Waals surface area contributed by atoms with Gasteiger partial charge in [0.15, 0.2) is 0 Å². The Morgan fingerprint density at radius 3 is 2.69 bits per heavy atom. The maximum absolute atomic E-state index is 12.1. The van der Waals surface area contributed by atoms with Crippen LogP contribution >= 0.6 is 0 Å². The number of nitrogens with zero attached hydrogens (tertiary/aromatic N) is 6. The van der Waals surface area contributed by atoms with Crippen LogP contribution in [-0.4, -0.2) is 89.7 Å². The van der Waals surface area contributed by atoms with Crippen molar-refractivity contribution in [1.82, 2.24) is 19.8 Å². The second-order valence-electron chi connectivity index (χ2n) is 10.7. The summed E-state index contributed by atoms with van der Waals surface area (Å²) in [5, 5.41) is 12.6. The SMILES string of the molecule is C=CC(=O)N1CCN(c2nc(OCC3CCCN3C)nc3c2CCN(c2cc(O)cc4ccccc24)C3)CC1. The molecule has 2 saturated heterocycles. The molecule has 0 aliphatic carbocycles. The molecular weight excluding hydrogens is 492 g/mol. The number of aromatic hydroxyl groups is 1. The molecule has 39 heavy (non-hydrogen) atoms. The van der Waals surface area contributed by atoms with E-state index in [0.717, 1.165) is 59.5 Å². The number of hydrogen-bond donors (Lipinski definition) is 1. The van der Waals surface area contributed by atoms with Crippen molar-refractivity contribution < 1.29 is 14.6 Å². The summed E-state index contributed by atoms with van der Waals surface area (Å²) in [4.78, 5) is 30.7. The third-order valence-corrected chi connectivity index (χ3v) is 8.33. The minimum Gasteiger partial charge on any atom is -0.508 e. The Labute approximate surface area is 229 Å². The van der Waals surface area contributed by atoms with Crippen LogP contribution in [0.5, 0.6) is 11.8 Å². The van der Waals surface area contributed by atoms with Crippen molar-refractivity contribution in [3.8, 4) is 11.8 Å². The molecule has 4 heterocycles. The molecule has 3 aliphatic rings. The van der Waals surface area contributed by atoms with E-state index in [9.17, 15) is 9.90 Å². The van der Waals surface area contributed by atoms with Gasteiger partial charge in [0, 0.05) is 61.5 Å². The number of piperazine rings is 1. The third-order valence-electron chi connectivity index (χ3n) is 8.33. The number of amides is 1. The van der Waals surface area contributed by atoms with Crippen molar-refractivity contribution in [2.24, 2.45) is 0 Å². The molecule has 0 spiro atoms. The number of likely N-dealkylation sites (N-methyl/N-ethyl adjacent to an activating group) is 1. The summed E-state index contributed by atoms with van der Waals surface area (Å²) in [5.41, 5.74) is 3.10. The molecule has 3 aliphatic heterocycles. The number of anilines is 2. The third kappa shape index (κ3) is 5.11. The van der Waals surface area contributed by atoms with Crippen LogP contribution in [0.1, 0.15) is 24.1 Å². The highest BCUT2D eigenvalue weighted by atomic mass is 16.5. The van der Waals surface area contributed by atoms with Crippen LogP contribution in [-0.2, 0) is 17.8 Å². The lowest BCUT2D eigenvalue weighted by molar-refractivity contribution is -0.126. The first-order valence-corrected chi connectivity index (χ1v) is 13.9. The number of hydrogen-bond acceptors (Lipinski definition) is 8. The topological polar surface area (TPSA) is 85.3 Å². The van der Waals surface area contributed by atoms with Gasteiger partial charge in [-0.25, -0.2) is 0 Å². The molecule has 0 radical (unpaired) electrons. The Bertz CT molecular complexity index is 1390. The average molecular weight is 529 g/mol. The summed E-state index contributed by atoms with van der Waals surface area (Å²) in [6.45, 7) is 9.35. The lowest BCUT2D eigenvalue weighted by Gasteiger charge is -2.38. The summed E-state index contributed by atoms with van der Waals surface area (Å²) in [6, 6.07) is 12.6. The van der Waals surface area contributed by atoms with Gasteiger partial charge in [-0.1, -0.05) is 30.8 Å². The zero-order chi connectivity index (χ0) is 26.9. The maximum atomic E-state index is 12.1.